The molecule has 0 spiro atoms. The van der Waals surface area contributed by atoms with Gasteiger partial charge in [-0.1, -0.05) is 60.0 Å². The molecule has 2 atom stereocenters. The quantitative estimate of drug-likeness (QED) is 0.829. The number of benzene rings is 1. The maximum Gasteiger partial charge on any atom is 0.161 e. The first-order valence-corrected chi connectivity index (χ1v) is 8.98. The van der Waals surface area contributed by atoms with Crippen LogP contribution in [0.15, 0.2) is 53.6 Å². The second-order valence-electron chi connectivity index (χ2n) is 7.40. The lowest BCUT2D eigenvalue weighted by molar-refractivity contribution is 0.0925. The molecule has 1 N–H and O–H groups in total. The Morgan fingerprint density at radius 1 is 1.22 bits per heavy atom. The van der Waals surface area contributed by atoms with Gasteiger partial charge in [-0.3, -0.25) is 4.90 Å². The van der Waals surface area contributed by atoms with Gasteiger partial charge in [0.15, 0.2) is 5.06 Å². The van der Waals surface area contributed by atoms with Gasteiger partial charge in [-0.2, -0.15) is 0 Å². The van der Waals surface area contributed by atoms with Crippen molar-refractivity contribution in [2.75, 3.05) is 13.6 Å². The summed E-state index contributed by atoms with van der Waals surface area (Å²) in [5.74, 6) is 0. The maximum atomic E-state index is 10.2. The van der Waals surface area contributed by atoms with Crippen LogP contribution in [0.1, 0.15) is 37.7 Å². The second kappa shape index (κ2) is 5.47. The molecule has 122 valence electrons. The van der Waals surface area contributed by atoms with E-state index < -0.39 is 5.06 Å². The van der Waals surface area contributed by atoms with E-state index in [0.29, 0.717) is 12.5 Å². The summed E-state index contributed by atoms with van der Waals surface area (Å²) in [6.07, 6.45) is 9.21. The van der Waals surface area contributed by atoms with Crippen molar-refractivity contribution in [3.8, 4) is 0 Å². The third-order valence-corrected chi connectivity index (χ3v) is 6.27. The van der Waals surface area contributed by atoms with Crippen LogP contribution < -0.4 is 0 Å². The van der Waals surface area contributed by atoms with Crippen molar-refractivity contribution in [1.29, 1.82) is 0 Å². The molecule has 0 radical (unpaired) electrons. The molecule has 1 aromatic rings. The molecular weight excluding hydrogens is 306 g/mol. The average Bonchev–Trinajstić information content (AvgIpc) is 2.49. The van der Waals surface area contributed by atoms with Crippen molar-refractivity contribution in [3.05, 3.63) is 59.2 Å². The van der Waals surface area contributed by atoms with Crippen LogP contribution in [-0.2, 0) is 5.41 Å². The van der Waals surface area contributed by atoms with Crippen LogP contribution in [-0.4, -0.2) is 34.7 Å². The van der Waals surface area contributed by atoms with E-state index in [0.717, 1.165) is 13.0 Å². The number of hydrogen-bond acceptors (Lipinski definition) is 2. The predicted molar refractivity (Wildman–Crippen MR) is 94.6 cm³/mol. The van der Waals surface area contributed by atoms with Crippen LogP contribution in [0.5, 0.6) is 0 Å². The van der Waals surface area contributed by atoms with E-state index >= 15 is 0 Å². The molecule has 2 unspecified atom stereocenters. The molecular formula is C20H24ClNO. The SMILES string of the molecule is CN1CCC2=C(C=CC(O)(Cl)C2)C1C1(c2ccccc2)CCC1. The van der Waals surface area contributed by atoms with Crippen LogP contribution in [0.3, 0.4) is 0 Å². The van der Waals surface area contributed by atoms with E-state index in [1.54, 1.807) is 6.08 Å². The Morgan fingerprint density at radius 2 is 1.96 bits per heavy atom. The van der Waals surface area contributed by atoms with Gasteiger partial charge in [-0.05, 0) is 43.5 Å². The van der Waals surface area contributed by atoms with Crippen molar-refractivity contribution in [1.82, 2.24) is 4.90 Å². The highest BCUT2D eigenvalue weighted by molar-refractivity contribution is 6.24. The van der Waals surface area contributed by atoms with Gasteiger partial charge in [0, 0.05) is 24.4 Å². The summed E-state index contributed by atoms with van der Waals surface area (Å²) >= 11 is 6.18. The maximum absolute atomic E-state index is 10.2. The topological polar surface area (TPSA) is 23.5 Å². The molecule has 3 heteroatoms. The van der Waals surface area contributed by atoms with Gasteiger partial charge in [0.25, 0.3) is 0 Å². The van der Waals surface area contributed by atoms with Crippen molar-refractivity contribution in [2.24, 2.45) is 0 Å². The number of likely N-dealkylation sites (N-methyl/N-ethyl adjacent to an activating group) is 1. The predicted octanol–water partition coefficient (Wildman–Crippen LogP) is 4.00. The van der Waals surface area contributed by atoms with Gasteiger partial charge in [0.1, 0.15) is 0 Å². The van der Waals surface area contributed by atoms with Gasteiger partial charge in [0.05, 0.1) is 0 Å². The Labute approximate surface area is 143 Å². The van der Waals surface area contributed by atoms with Crippen LogP contribution in [0.4, 0.5) is 0 Å². The van der Waals surface area contributed by atoms with Gasteiger partial charge >= 0.3 is 0 Å². The fourth-order valence-corrected chi connectivity index (χ4v) is 4.98. The molecule has 1 saturated carbocycles. The van der Waals surface area contributed by atoms with Crippen LogP contribution in [0.2, 0.25) is 0 Å². The summed E-state index contributed by atoms with van der Waals surface area (Å²) in [5, 5.41) is 8.99. The van der Waals surface area contributed by atoms with Crippen LogP contribution >= 0.6 is 11.6 Å². The number of halogens is 1. The van der Waals surface area contributed by atoms with E-state index in [9.17, 15) is 5.11 Å². The monoisotopic (exact) mass is 329 g/mol. The highest BCUT2D eigenvalue weighted by atomic mass is 35.5. The molecule has 0 amide bonds. The van der Waals surface area contributed by atoms with Gasteiger partial charge < -0.3 is 5.11 Å². The lowest BCUT2D eigenvalue weighted by atomic mass is 9.57. The third-order valence-electron chi connectivity index (χ3n) is 6.01. The van der Waals surface area contributed by atoms with E-state index in [1.165, 1.54) is 36.0 Å². The molecule has 1 fully saturated rings. The molecule has 2 nitrogen and oxygen atoms in total. The molecule has 3 aliphatic rings. The highest BCUT2D eigenvalue weighted by Gasteiger charge is 2.50. The minimum Gasteiger partial charge on any atom is -0.371 e. The molecule has 0 aromatic heterocycles. The zero-order valence-electron chi connectivity index (χ0n) is 13.6. The Kier molecular flexibility index (Phi) is 3.67. The van der Waals surface area contributed by atoms with Crippen molar-refractivity contribution >= 4 is 11.6 Å². The average molecular weight is 330 g/mol. The summed E-state index contributed by atoms with van der Waals surface area (Å²) in [4.78, 5) is 2.51. The van der Waals surface area contributed by atoms with Crippen molar-refractivity contribution in [3.63, 3.8) is 0 Å². The van der Waals surface area contributed by atoms with E-state index in [-0.39, 0.29) is 5.41 Å². The standard InChI is InChI=1S/C20H24ClNO/c1-22-13-9-15-14-20(21,23)12-8-17(15)18(22)19(10-5-11-19)16-6-3-2-4-7-16/h2-4,6-8,12,18,23H,5,9-11,13-14H2,1H3. The molecule has 0 bridgehead atoms. The first-order valence-electron chi connectivity index (χ1n) is 8.60. The van der Waals surface area contributed by atoms with Crippen molar-refractivity contribution in [2.45, 2.75) is 48.6 Å². The number of alkyl halides is 1. The summed E-state index contributed by atoms with van der Waals surface area (Å²) in [5.41, 5.74) is 4.41. The zero-order chi connectivity index (χ0) is 16.1. The van der Waals surface area contributed by atoms with Gasteiger partial charge in [0.2, 0.25) is 0 Å². The fourth-order valence-electron chi connectivity index (χ4n) is 4.76. The second-order valence-corrected chi connectivity index (χ2v) is 8.05. The number of aliphatic hydroxyl groups is 1. The third kappa shape index (κ3) is 2.48. The zero-order valence-corrected chi connectivity index (χ0v) is 14.4. The molecule has 0 saturated heterocycles. The number of rotatable bonds is 2. The Morgan fingerprint density at radius 3 is 2.61 bits per heavy atom. The molecule has 1 heterocycles. The Balaban J connectivity index is 1.78. The molecule has 1 aliphatic heterocycles. The summed E-state index contributed by atoms with van der Waals surface area (Å²) in [6, 6.07) is 11.4. The lowest BCUT2D eigenvalue weighted by Gasteiger charge is -2.54. The normalized spacial score (nSPS) is 33.3. The summed E-state index contributed by atoms with van der Waals surface area (Å²) < 4.78 is 0. The van der Waals surface area contributed by atoms with Crippen LogP contribution in [0.25, 0.3) is 0 Å². The van der Waals surface area contributed by atoms with E-state index in [4.69, 9.17) is 11.6 Å². The van der Waals surface area contributed by atoms with Crippen LogP contribution in [0, 0.1) is 0 Å². The Hall–Kier alpha value is -1.09. The fraction of sp³-hybridized carbons (Fsp3) is 0.500. The highest BCUT2D eigenvalue weighted by Crippen LogP contribution is 2.52. The molecule has 4 rings (SSSR count). The number of hydrogen-bond donors (Lipinski definition) is 1. The first-order chi connectivity index (χ1) is 11.0. The first kappa shape index (κ1) is 15.4. The van der Waals surface area contributed by atoms with Gasteiger partial charge in [-0.25, -0.2) is 0 Å². The summed E-state index contributed by atoms with van der Waals surface area (Å²) in [7, 11) is 2.24. The Bertz CT molecular complexity index is 657. The minimum absolute atomic E-state index is 0.211. The van der Waals surface area contributed by atoms with Gasteiger partial charge in [-0.15, -0.1) is 0 Å². The van der Waals surface area contributed by atoms with E-state index in [1.807, 2.05) is 0 Å². The molecule has 23 heavy (non-hydrogen) atoms. The summed E-state index contributed by atoms with van der Waals surface area (Å²) in [6.45, 7) is 1.04. The lowest BCUT2D eigenvalue weighted by Crippen LogP contribution is -2.56. The molecule has 1 aromatic carbocycles. The van der Waals surface area contributed by atoms with E-state index in [2.05, 4.69) is 48.4 Å². The molecule has 2 aliphatic carbocycles. The number of nitrogens with zero attached hydrogens (tertiary/aromatic N) is 1. The largest absolute Gasteiger partial charge is 0.371 e. The van der Waals surface area contributed by atoms with Crippen molar-refractivity contribution < 1.29 is 5.11 Å². The smallest absolute Gasteiger partial charge is 0.161 e. The minimum atomic E-state index is -1.20.